The van der Waals surface area contributed by atoms with Gasteiger partial charge in [-0.1, -0.05) is 0 Å². The van der Waals surface area contributed by atoms with E-state index in [0.717, 1.165) is 11.4 Å². The normalized spacial score (nSPS) is 10.1. The van der Waals surface area contributed by atoms with E-state index in [-0.39, 0.29) is 5.91 Å². The van der Waals surface area contributed by atoms with Gasteiger partial charge in [0.2, 0.25) is 0 Å². The number of amides is 1. The second-order valence-electron chi connectivity index (χ2n) is 3.88. The number of rotatable bonds is 3. The van der Waals surface area contributed by atoms with Crippen LogP contribution in [0.5, 0.6) is 0 Å². The maximum absolute atomic E-state index is 12.0. The minimum Gasteiger partial charge on any atom is -0.325 e. The molecule has 0 aliphatic carbocycles. The Bertz CT molecular complexity index is 568. The molecule has 92 valence electrons. The average molecular weight is 242 g/mol. The summed E-state index contributed by atoms with van der Waals surface area (Å²) < 4.78 is 0. The molecule has 2 heterocycles. The summed E-state index contributed by atoms with van der Waals surface area (Å²) in [4.78, 5) is 20.1. The summed E-state index contributed by atoms with van der Waals surface area (Å²) in [6, 6.07) is 6.89. The summed E-state index contributed by atoms with van der Waals surface area (Å²) >= 11 is 0. The molecule has 0 saturated carbocycles. The van der Waals surface area contributed by atoms with Crippen LogP contribution in [0.2, 0.25) is 0 Å². The van der Waals surface area contributed by atoms with Gasteiger partial charge in [0.25, 0.3) is 5.91 Å². The summed E-state index contributed by atoms with van der Waals surface area (Å²) in [7, 11) is 0. The van der Waals surface area contributed by atoms with E-state index >= 15 is 0 Å². The number of anilines is 1. The van der Waals surface area contributed by atoms with E-state index in [1.807, 2.05) is 13.0 Å². The van der Waals surface area contributed by atoms with Gasteiger partial charge in [0.15, 0.2) is 0 Å². The molecular formula is C13H14N4O. The molecule has 18 heavy (non-hydrogen) atoms. The largest absolute Gasteiger partial charge is 0.325 e. The van der Waals surface area contributed by atoms with Gasteiger partial charge >= 0.3 is 0 Å². The maximum atomic E-state index is 12.0. The molecule has 0 atom stereocenters. The molecule has 0 aromatic carbocycles. The molecule has 0 fully saturated rings. The molecular weight excluding hydrogens is 228 g/mol. The first-order valence-corrected chi connectivity index (χ1v) is 5.58. The monoisotopic (exact) mass is 242 g/mol. The number of aromatic nitrogens is 2. The van der Waals surface area contributed by atoms with Crippen LogP contribution in [0.3, 0.4) is 0 Å². The van der Waals surface area contributed by atoms with Crippen LogP contribution in [0.4, 0.5) is 5.69 Å². The molecule has 1 amide bonds. The zero-order valence-corrected chi connectivity index (χ0v) is 10.1. The predicted molar refractivity (Wildman–Crippen MR) is 69.1 cm³/mol. The lowest BCUT2D eigenvalue weighted by Gasteiger charge is -2.06. The molecule has 2 rings (SSSR count). The van der Waals surface area contributed by atoms with Crippen LogP contribution >= 0.6 is 0 Å². The van der Waals surface area contributed by atoms with E-state index < -0.39 is 0 Å². The Kier molecular flexibility index (Phi) is 3.64. The fraction of sp³-hybridized carbons (Fsp3) is 0.154. The molecule has 0 unspecified atom stereocenters. The number of aryl methyl sites for hydroxylation is 1. The predicted octanol–water partition coefficient (Wildman–Crippen LogP) is 1.50. The molecule has 2 aromatic heterocycles. The summed E-state index contributed by atoms with van der Waals surface area (Å²) in [6.45, 7) is 2.18. The number of hydrogen-bond acceptors (Lipinski definition) is 4. The van der Waals surface area contributed by atoms with E-state index in [4.69, 9.17) is 5.73 Å². The molecule has 5 nitrogen and oxygen atoms in total. The molecule has 0 aliphatic rings. The number of carbonyl (C=O) groups is 1. The van der Waals surface area contributed by atoms with Crippen molar-refractivity contribution >= 4 is 11.6 Å². The van der Waals surface area contributed by atoms with Crippen molar-refractivity contribution in [3.05, 3.63) is 53.6 Å². The molecule has 5 heteroatoms. The van der Waals surface area contributed by atoms with Crippen molar-refractivity contribution in [3.63, 3.8) is 0 Å². The fourth-order valence-electron chi connectivity index (χ4n) is 1.56. The number of carbonyl (C=O) groups excluding carboxylic acids is 1. The Morgan fingerprint density at radius 1 is 1.28 bits per heavy atom. The van der Waals surface area contributed by atoms with Crippen LogP contribution in [0, 0.1) is 6.92 Å². The van der Waals surface area contributed by atoms with E-state index in [1.54, 1.807) is 30.6 Å². The van der Waals surface area contributed by atoms with Crippen LogP contribution in [-0.2, 0) is 6.54 Å². The lowest BCUT2D eigenvalue weighted by Crippen LogP contribution is -2.13. The van der Waals surface area contributed by atoms with Gasteiger partial charge in [-0.2, -0.15) is 0 Å². The van der Waals surface area contributed by atoms with Gasteiger partial charge in [0.1, 0.15) is 0 Å². The lowest BCUT2D eigenvalue weighted by atomic mass is 10.2. The fourth-order valence-corrected chi connectivity index (χ4v) is 1.56. The van der Waals surface area contributed by atoms with Crippen LogP contribution in [0.15, 0.2) is 36.7 Å². The zero-order chi connectivity index (χ0) is 13.0. The lowest BCUT2D eigenvalue weighted by molar-refractivity contribution is 0.102. The average Bonchev–Trinajstić information content (AvgIpc) is 2.39. The van der Waals surface area contributed by atoms with Gasteiger partial charge in [-0.25, -0.2) is 0 Å². The third-order valence-corrected chi connectivity index (χ3v) is 2.44. The highest BCUT2D eigenvalue weighted by Crippen LogP contribution is 2.10. The summed E-state index contributed by atoms with van der Waals surface area (Å²) in [6.07, 6.45) is 3.23. The Labute approximate surface area is 105 Å². The second-order valence-corrected chi connectivity index (χ2v) is 3.88. The molecule has 2 aromatic rings. The van der Waals surface area contributed by atoms with Gasteiger partial charge in [-0.3, -0.25) is 14.8 Å². The van der Waals surface area contributed by atoms with Crippen LogP contribution in [-0.4, -0.2) is 15.9 Å². The molecule has 0 spiro atoms. The van der Waals surface area contributed by atoms with Gasteiger partial charge in [0.05, 0.1) is 5.69 Å². The summed E-state index contributed by atoms with van der Waals surface area (Å²) in [5.41, 5.74) is 8.29. The summed E-state index contributed by atoms with van der Waals surface area (Å²) in [5, 5.41) is 2.80. The number of nitrogens with zero attached hydrogens (tertiary/aromatic N) is 2. The quantitative estimate of drug-likeness (QED) is 0.854. The highest BCUT2D eigenvalue weighted by atomic mass is 16.1. The first-order chi connectivity index (χ1) is 8.69. The van der Waals surface area contributed by atoms with Crippen LogP contribution in [0.25, 0.3) is 0 Å². The first kappa shape index (κ1) is 12.2. The van der Waals surface area contributed by atoms with E-state index in [9.17, 15) is 4.79 Å². The van der Waals surface area contributed by atoms with Gasteiger partial charge in [0, 0.05) is 35.9 Å². The Balaban J connectivity index is 2.16. The van der Waals surface area contributed by atoms with Crippen molar-refractivity contribution in [2.24, 2.45) is 5.73 Å². The number of nitrogens with two attached hydrogens (primary N) is 1. The second kappa shape index (κ2) is 5.37. The zero-order valence-electron chi connectivity index (χ0n) is 10.1. The van der Waals surface area contributed by atoms with E-state index in [2.05, 4.69) is 15.3 Å². The van der Waals surface area contributed by atoms with Crippen LogP contribution in [0.1, 0.15) is 21.7 Å². The van der Waals surface area contributed by atoms with Crippen molar-refractivity contribution in [2.45, 2.75) is 13.5 Å². The Morgan fingerprint density at radius 2 is 2.06 bits per heavy atom. The first-order valence-electron chi connectivity index (χ1n) is 5.58. The third kappa shape index (κ3) is 2.89. The minimum absolute atomic E-state index is 0.183. The van der Waals surface area contributed by atoms with Gasteiger partial charge < -0.3 is 11.1 Å². The van der Waals surface area contributed by atoms with Crippen molar-refractivity contribution in [1.82, 2.24) is 9.97 Å². The molecule has 3 N–H and O–H groups in total. The Morgan fingerprint density at radius 3 is 2.78 bits per heavy atom. The number of hydrogen-bond donors (Lipinski definition) is 2. The standard InChI is InChI=1S/C13H14N4O/c1-9-6-11(3-5-15-9)17-13(18)10-2-4-16-12(7-10)8-14/h2-7H,8,14H2,1H3,(H,15,17,18). The number of pyridine rings is 2. The van der Waals surface area contributed by atoms with Crippen molar-refractivity contribution < 1.29 is 4.79 Å². The highest BCUT2D eigenvalue weighted by molar-refractivity contribution is 6.04. The van der Waals surface area contributed by atoms with E-state index in [1.165, 1.54) is 0 Å². The topological polar surface area (TPSA) is 80.9 Å². The van der Waals surface area contributed by atoms with Gasteiger partial charge in [-0.15, -0.1) is 0 Å². The maximum Gasteiger partial charge on any atom is 0.255 e. The van der Waals surface area contributed by atoms with Crippen molar-refractivity contribution in [2.75, 3.05) is 5.32 Å². The molecule has 0 radical (unpaired) electrons. The SMILES string of the molecule is Cc1cc(NC(=O)c2ccnc(CN)c2)ccn1. The van der Waals surface area contributed by atoms with Crippen LogP contribution < -0.4 is 11.1 Å². The number of nitrogens with one attached hydrogen (secondary N) is 1. The molecule has 0 aliphatic heterocycles. The molecule has 0 saturated heterocycles. The summed E-state index contributed by atoms with van der Waals surface area (Å²) in [5.74, 6) is -0.183. The van der Waals surface area contributed by atoms with Gasteiger partial charge in [-0.05, 0) is 31.2 Å². The minimum atomic E-state index is -0.183. The smallest absolute Gasteiger partial charge is 0.255 e. The van der Waals surface area contributed by atoms with Crippen molar-refractivity contribution in [3.8, 4) is 0 Å². The highest BCUT2D eigenvalue weighted by Gasteiger charge is 2.07. The van der Waals surface area contributed by atoms with E-state index in [0.29, 0.717) is 17.8 Å². The Hall–Kier alpha value is -2.27. The third-order valence-electron chi connectivity index (χ3n) is 2.44. The van der Waals surface area contributed by atoms with Crippen molar-refractivity contribution in [1.29, 1.82) is 0 Å². The molecule has 0 bridgehead atoms.